The summed E-state index contributed by atoms with van der Waals surface area (Å²) in [5, 5.41) is 0. The Morgan fingerprint density at radius 3 is 3.00 bits per heavy atom. The van der Waals surface area contributed by atoms with Crippen LogP contribution in [0.15, 0.2) is 22.7 Å². The predicted molar refractivity (Wildman–Crippen MR) is 68.6 cm³/mol. The molecule has 0 bridgehead atoms. The van der Waals surface area contributed by atoms with Gasteiger partial charge < -0.3 is 9.64 Å². The van der Waals surface area contributed by atoms with E-state index < -0.39 is 0 Å². The molecule has 1 unspecified atom stereocenters. The first-order chi connectivity index (χ1) is 8.08. The molecule has 0 amide bonds. The fourth-order valence-electron chi connectivity index (χ4n) is 2.74. The number of likely N-dealkylation sites (N-methyl/N-ethyl adjacent to an activating group) is 1. The predicted octanol–water partition coefficient (Wildman–Crippen LogP) is 2.49. The van der Waals surface area contributed by atoms with Crippen molar-refractivity contribution in [3.8, 4) is 5.75 Å². The summed E-state index contributed by atoms with van der Waals surface area (Å²) in [5.74, 6) is 0.931. The van der Waals surface area contributed by atoms with E-state index in [-0.39, 0.29) is 11.4 Å². The summed E-state index contributed by atoms with van der Waals surface area (Å²) in [4.78, 5) is 14.4. The summed E-state index contributed by atoms with van der Waals surface area (Å²) in [7, 11) is 2.07. The third-order valence-electron chi connectivity index (χ3n) is 3.56. The number of likely N-dealkylation sites (tertiary alicyclic amines) is 1. The smallest absolute Gasteiger partial charge is 0.170 e. The van der Waals surface area contributed by atoms with Crippen molar-refractivity contribution in [1.82, 2.24) is 4.90 Å². The number of Topliss-reactive ketones (excluding diaryl/α,β-unsaturated/α-hetero) is 1. The summed E-state index contributed by atoms with van der Waals surface area (Å²) in [6, 6.07) is 5.62. The van der Waals surface area contributed by atoms with Gasteiger partial charge in [0, 0.05) is 24.0 Å². The maximum atomic E-state index is 12.2. The molecule has 1 atom stereocenters. The first-order valence-electron chi connectivity index (χ1n) is 5.78. The van der Waals surface area contributed by atoms with E-state index in [1.54, 1.807) is 0 Å². The van der Waals surface area contributed by atoms with Crippen LogP contribution in [0, 0.1) is 0 Å². The van der Waals surface area contributed by atoms with Crippen LogP contribution in [0.3, 0.4) is 0 Å². The molecule has 1 aromatic carbocycles. The van der Waals surface area contributed by atoms with Crippen LogP contribution >= 0.6 is 15.9 Å². The highest BCUT2D eigenvalue weighted by molar-refractivity contribution is 9.10. The molecule has 1 saturated heterocycles. The monoisotopic (exact) mass is 295 g/mol. The van der Waals surface area contributed by atoms with Gasteiger partial charge in [0.25, 0.3) is 0 Å². The van der Waals surface area contributed by atoms with E-state index >= 15 is 0 Å². The Morgan fingerprint density at radius 2 is 2.29 bits per heavy atom. The number of hydrogen-bond acceptors (Lipinski definition) is 3. The van der Waals surface area contributed by atoms with Crippen molar-refractivity contribution in [2.75, 3.05) is 20.1 Å². The summed E-state index contributed by atoms with van der Waals surface area (Å²) in [6.07, 6.45) is 1.44. The fourth-order valence-corrected chi connectivity index (χ4v) is 3.08. The Balaban J connectivity index is 2.00. The van der Waals surface area contributed by atoms with Crippen molar-refractivity contribution in [3.63, 3.8) is 0 Å². The number of hydrogen-bond donors (Lipinski definition) is 0. The maximum Gasteiger partial charge on any atom is 0.170 e. The number of carbonyl (C=O) groups excluding carboxylic acids is 1. The Morgan fingerprint density at radius 1 is 1.47 bits per heavy atom. The van der Waals surface area contributed by atoms with Crippen molar-refractivity contribution in [2.45, 2.75) is 18.4 Å². The van der Waals surface area contributed by atoms with Gasteiger partial charge in [-0.1, -0.05) is 15.9 Å². The van der Waals surface area contributed by atoms with Crippen LogP contribution in [0.5, 0.6) is 5.75 Å². The van der Waals surface area contributed by atoms with Crippen LogP contribution in [0.2, 0.25) is 0 Å². The molecule has 0 aromatic heterocycles. The quantitative estimate of drug-likeness (QED) is 0.736. The summed E-state index contributed by atoms with van der Waals surface area (Å²) >= 11 is 3.42. The molecule has 3 nitrogen and oxygen atoms in total. The average Bonchev–Trinajstić information content (AvgIpc) is 2.58. The van der Waals surface area contributed by atoms with Gasteiger partial charge in [0.15, 0.2) is 5.78 Å². The molecule has 17 heavy (non-hydrogen) atoms. The van der Waals surface area contributed by atoms with E-state index in [2.05, 4.69) is 27.9 Å². The molecule has 1 spiro atoms. The third-order valence-corrected chi connectivity index (χ3v) is 4.05. The topological polar surface area (TPSA) is 29.5 Å². The second-order valence-corrected chi connectivity index (χ2v) is 5.93. The van der Waals surface area contributed by atoms with Gasteiger partial charge in [0.2, 0.25) is 0 Å². The molecule has 1 fully saturated rings. The largest absolute Gasteiger partial charge is 0.485 e. The lowest BCUT2D eigenvalue weighted by atomic mass is 9.89. The zero-order valence-electron chi connectivity index (χ0n) is 9.70. The van der Waals surface area contributed by atoms with Gasteiger partial charge in [-0.25, -0.2) is 0 Å². The molecule has 0 N–H and O–H groups in total. The molecule has 0 radical (unpaired) electrons. The van der Waals surface area contributed by atoms with E-state index in [1.807, 2.05) is 18.2 Å². The molecule has 3 rings (SSSR count). The van der Waals surface area contributed by atoms with Crippen molar-refractivity contribution in [3.05, 3.63) is 28.2 Å². The van der Waals surface area contributed by atoms with Crippen LogP contribution in [0.25, 0.3) is 0 Å². The van der Waals surface area contributed by atoms with E-state index in [1.165, 1.54) is 0 Å². The molecule has 0 saturated carbocycles. The number of ether oxygens (including phenoxy) is 1. The zero-order chi connectivity index (χ0) is 12.0. The van der Waals surface area contributed by atoms with Crippen LogP contribution in [-0.4, -0.2) is 36.4 Å². The molecule has 2 aliphatic heterocycles. The summed E-state index contributed by atoms with van der Waals surface area (Å²) in [6.45, 7) is 1.83. The number of nitrogens with zero attached hydrogens (tertiary/aromatic N) is 1. The average molecular weight is 296 g/mol. The number of benzene rings is 1. The molecule has 2 aliphatic rings. The number of fused-ring (bicyclic) bond motifs is 1. The van der Waals surface area contributed by atoms with E-state index in [0.717, 1.165) is 29.7 Å². The molecule has 0 aliphatic carbocycles. The van der Waals surface area contributed by atoms with Gasteiger partial charge in [-0.3, -0.25) is 4.79 Å². The molecule has 2 heterocycles. The minimum absolute atomic E-state index is 0.203. The Hall–Kier alpha value is -0.870. The first kappa shape index (κ1) is 11.2. The normalized spacial score (nSPS) is 28.2. The van der Waals surface area contributed by atoms with Crippen LogP contribution in [0.4, 0.5) is 0 Å². The SMILES string of the molecule is CN1CCC2(CC(=O)c3ccc(Br)cc3O2)C1. The van der Waals surface area contributed by atoms with Crippen molar-refractivity contribution in [1.29, 1.82) is 0 Å². The van der Waals surface area contributed by atoms with Crippen molar-refractivity contribution < 1.29 is 9.53 Å². The summed E-state index contributed by atoms with van der Waals surface area (Å²) < 4.78 is 7.06. The van der Waals surface area contributed by atoms with Gasteiger partial charge in [0.05, 0.1) is 12.0 Å². The fraction of sp³-hybridized carbons (Fsp3) is 0.462. The Labute approximate surface area is 109 Å². The lowest BCUT2D eigenvalue weighted by molar-refractivity contribution is 0.0476. The van der Waals surface area contributed by atoms with Crippen LogP contribution in [0.1, 0.15) is 23.2 Å². The highest BCUT2D eigenvalue weighted by Crippen LogP contribution is 2.39. The Kier molecular flexibility index (Phi) is 2.52. The maximum absolute atomic E-state index is 12.2. The van der Waals surface area contributed by atoms with Gasteiger partial charge in [-0.05, 0) is 25.2 Å². The number of ketones is 1. The standard InChI is InChI=1S/C13H14BrNO2/c1-15-5-4-13(8-15)7-11(16)10-3-2-9(14)6-12(10)17-13/h2-3,6H,4-5,7-8H2,1H3. The van der Waals surface area contributed by atoms with Gasteiger partial charge in [0.1, 0.15) is 11.4 Å². The third kappa shape index (κ3) is 1.89. The first-order valence-corrected chi connectivity index (χ1v) is 6.58. The minimum Gasteiger partial charge on any atom is -0.485 e. The van der Waals surface area contributed by atoms with Crippen LogP contribution < -0.4 is 4.74 Å². The lowest BCUT2D eigenvalue weighted by Gasteiger charge is -2.34. The summed E-state index contributed by atoms with van der Waals surface area (Å²) in [5.41, 5.74) is 0.424. The van der Waals surface area contributed by atoms with Crippen LogP contribution in [-0.2, 0) is 0 Å². The van der Waals surface area contributed by atoms with Gasteiger partial charge in [-0.15, -0.1) is 0 Å². The molecule has 4 heteroatoms. The zero-order valence-corrected chi connectivity index (χ0v) is 11.3. The highest BCUT2D eigenvalue weighted by atomic mass is 79.9. The highest BCUT2D eigenvalue weighted by Gasteiger charge is 2.44. The van der Waals surface area contributed by atoms with Crippen molar-refractivity contribution in [2.24, 2.45) is 0 Å². The number of halogens is 1. The van der Waals surface area contributed by atoms with Gasteiger partial charge >= 0.3 is 0 Å². The molecular formula is C13H14BrNO2. The molecule has 1 aromatic rings. The molecule has 90 valence electrons. The van der Waals surface area contributed by atoms with Crippen molar-refractivity contribution >= 4 is 21.7 Å². The number of carbonyl (C=O) groups is 1. The van der Waals surface area contributed by atoms with E-state index in [9.17, 15) is 4.79 Å². The number of rotatable bonds is 0. The lowest BCUT2D eigenvalue weighted by Crippen LogP contribution is -2.44. The van der Waals surface area contributed by atoms with E-state index in [4.69, 9.17) is 4.74 Å². The van der Waals surface area contributed by atoms with E-state index in [0.29, 0.717) is 12.0 Å². The Bertz CT molecular complexity index is 488. The van der Waals surface area contributed by atoms with Gasteiger partial charge in [-0.2, -0.15) is 0 Å². The minimum atomic E-state index is -0.292. The molecular weight excluding hydrogens is 282 g/mol. The second kappa shape index (κ2) is 3.82. The second-order valence-electron chi connectivity index (χ2n) is 5.01.